The number of amides is 1. The number of rotatable bonds is 9. The first-order valence-electron chi connectivity index (χ1n) is 12.6. The fourth-order valence-electron chi connectivity index (χ4n) is 4.86. The Hall–Kier alpha value is -3.31. The zero-order valence-corrected chi connectivity index (χ0v) is 23.4. The van der Waals surface area contributed by atoms with Crippen LogP contribution in [0.1, 0.15) is 61.7 Å². The minimum atomic E-state index is -4.24. The van der Waals surface area contributed by atoms with Crippen molar-refractivity contribution in [3.8, 4) is 17.0 Å². The molecule has 11 heteroatoms. The molecule has 0 spiro atoms. The number of pyridine rings is 1. The molecule has 1 unspecified atom stereocenters. The fourth-order valence-corrected chi connectivity index (χ4v) is 5.81. The van der Waals surface area contributed by atoms with E-state index in [9.17, 15) is 17.6 Å². The number of hydrogen-bond acceptors (Lipinski definition) is 7. The Morgan fingerprint density at radius 2 is 1.89 bits per heavy atom. The van der Waals surface area contributed by atoms with E-state index in [-0.39, 0.29) is 29.3 Å². The van der Waals surface area contributed by atoms with E-state index < -0.39 is 15.9 Å². The molecule has 0 saturated carbocycles. The summed E-state index contributed by atoms with van der Waals surface area (Å²) < 4.78 is 50.5. The standard InChI is InChI=1S/C27H34FN5O4S/c1-16(2)33-24(17(3)32(4)5)15-27(30-33)38(35,36)31-25(34)14-22-19-8-7-9-20(19)23(28)13-21(22)18-10-11-29-26(12-18)37-6/h10-13,15-17H,7-9,14H2,1-6H3,(H,31,34). The van der Waals surface area contributed by atoms with Crippen LogP contribution in [-0.2, 0) is 34.1 Å². The van der Waals surface area contributed by atoms with E-state index in [1.165, 1.54) is 19.2 Å². The normalized spacial score (nSPS) is 14.1. The summed E-state index contributed by atoms with van der Waals surface area (Å²) in [5.41, 5.74) is 3.82. The highest BCUT2D eigenvalue weighted by Crippen LogP contribution is 2.36. The first-order valence-corrected chi connectivity index (χ1v) is 14.1. The van der Waals surface area contributed by atoms with Crippen LogP contribution in [0.15, 0.2) is 35.5 Å². The molecule has 0 bridgehead atoms. The number of hydrogen-bond donors (Lipinski definition) is 1. The molecular weight excluding hydrogens is 509 g/mol. The van der Waals surface area contributed by atoms with Gasteiger partial charge in [0.15, 0.2) is 5.03 Å². The quantitative estimate of drug-likeness (QED) is 0.437. The number of fused-ring (bicyclic) bond motifs is 1. The molecule has 2 aromatic heterocycles. The van der Waals surface area contributed by atoms with Crippen LogP contribution in [0.5, 0.6) is 5.88 Å². The monoisotopic (exact) mass is 543 g/mol. The first-order chi connectivity index (χ1) is 17.9. The number of benzene rings is 1. The van der Waals surface area contributed by atoms with Gasteiger partial charge in [-0.3, -0.25) is 9.48 Å². The highest BCUT2D eigenvalue weighted by atomic mass is 32.2. The van der Waals surface area contributed by atoms with Gasteiger partial charge in [-0.15, -0.1) is 0 Å². The third-order valence-electron chi connectivity index (χ3n) is 7.02. The Morgan fingerprint density at radius 3 is 2.55 bits per heavy atom. The van der Waals surface area contributed by atoms with Crippen molar-refractivity contribution in [1.29, 1.82) is 0 Å². The number of carbonyl (C=O) groups is 1. The van der Waals surface area contributed by atoms with E-state index in [2.05, 4.69) is 14.8 Å². The molecule has 3 aromatic rings. The lowest BCUT2D eigenvalue weighted by Crippen LogP contribution is -2.32. The molecule has 1 amide bonds. The molecule has 38 heavy (non-hydrogen) atoms. The maximum atomic E-state index is 15.0. The largest absolute Gasteiger partial charge is 0.481 e. The van der Waals surface area contributed by atoms with Crippen LogP contribution in [0.2, 0.25) is 0 Å². The van der Waals surface area contributed by atoms with E-state index in [0.717, 1.165) is 17.7 Å². The SMILES string of the molecule is COc1cc(-c2cc(F)c3c(c2CC(=O)NS(=O)(=O)c2cc(C(C)N(C)C)n(C(C)C)n2)CCC3)ccn1. The van der Waals surface area contributed by atoms with Gasteiger partial charge in [-0.25, -0.2) is 14.1 Å². The highest BCUT2D eigenvalue weighted by Gasteiger charge is 2.29. The topological polar surface area (TPSA) is 106 Å². The molecule has 9 nitrogen and oxygen atoms in total. The Morgan fingerprint density at radius 1 is 1.18 bits per heavy atom. The number of sulfonamides is 1. The van der Waals surface area contributed by atoms with Crippen LogP contribution >= 0.6 is 0 Å². The predicted molar refractivity (Wildman–Crippen MR) is 142 cm³/mol. The van der Waals surface area contributed by atoms with Crippen molar-refractivity contribution >= 4 is 15.9 Å². The molecule has 1 aliphatic carbocycles. The summed E-state index contributed by atoms with van der Waals surface area (Å²) in [5.74, 6) is -0.694. The lowest BCUT2D eigenvalue weighted by atomic mass is 9.91. The second-order valence-electron chi connectivity index (χ2n) is 10.1. The number of carbonyl (C=O) groups excluding carboxylic acids is 1. The number of nitrogens with one attached hydrogen (secondary N) is 1. The Labute approximate surface area is 223 Å². The Bertz CT molecular complexity index is 1470. The van der Waals surface area contributed by atoms with Crippen molar-refractivity contribution < 1.29 is 22.3 Å². The molecule has 1 aliphatic rings. The van der Waals surface area contributed by atoms with Crippen LogP contribution in [-0.4, -0.2) is 55.2 Å². The van der Waals surface area contributed by atoms with Gasteiger partial charge in [-0.2, -0.15) is 13.5 Å². The molecular formula is C27H34FN5O4S. The van der Waals surface area contributed by atoms with Crippen LogP contribution in [0.4, 0.5) is 4.39 Å². The van der Waals surface area contributed by atoms with E-state index in [4.69, 9.17) is 4.74 Å². The molecule has 0 fully saturated rings. The smallest absolute Gasteiger partial charge is 0.283 e. The lowest BCUT2D eigenvalue weighted by Gasteiger charge is -2.22. The summed E-state index contributed by atoms with van der Waals surface area (Å²) in [6, 6.07) is 6.13. The van der Waals surface area contributed by atoms with Crippen molar-refractivity contribution in [2.75, 3.05) is 21.2 Å². The predicted octanol–water partition coefficient (Wildman–Crippen LogP) is 3.83. The molecule has 1 atom stereocenters. The minimum Gasteiger partial charge on any atom is -0.481 e. The van der Waals surface area contributed by atoms with Gasteiger partial charge in [0, 0.05) is 30.4 Å². The molecule has 204 valence electrons. The Balaban J connectivity index is 1.68. The molecule has 4 rings (SSSR count). The summed E-state index contributed by atoms with van der Waals surface area (Å²) in [5, 5.41) is 4.10. The number of nitrogens with zero attached hydrogens (tertiary/aromatic N) is 4. The van der Waals surface area contributed by atoms with Crippen LogP contribution in [0, 0.1) is 5.82 Å². The lowest BCUT2D eigenvalue weighted by molar-refractivity contribution is -0.118. The van der Waals surface area contributed by atoms with E-state index in [1.54, 1.807) is 23.0 Å². The summed E-state index contributed by atoms with van der Waals surface area (Å²) in [6.07, 6.45) is 3.27. The zero-order chi connectivity index (χ0) is 27.8. The molecule has 2 heterocycles. The summed E-state index contributed by atoms with van der Waals surface area (Å²) >= 11 is 0. The molecule has 0 radical (unpaired) electrons. The Kier molecular flexibility index (Phi) is 7.89. The zero-order valence-electron chi connectivity index (χ0n) is 22.6. The van der Waals surface area contributed by atoms with Gasteiger partial charge in [0.05, 0.1) is 19.2 Å². The van der Waals surface area contributed by atoms with Gasteiger partial charge in [0.2, 0.25) is 11.8 Å². The summed E-state index contributed by atoms with van der Waals surface area (Å²) in [4.78, 5) is 19.3. The maximum absolute atomic E-state index is 15.0. The number of aromatic nitrogens is 3. The molecule has 1 aromatic carbocycles. The second kappa shape index (κ2) is 10.8. The van der Waals surface area contributed by atoms with E-state index >= 15 is 0 Å². The minimum absolute atomic E-state index is 0.0752. The van der Waals surface area contributed by atoms with Crippen molar-refractivity contribution in [2.24, 2.45) is 0 Å². The van der Waals surface area contributed by atoms with Gasteiger partial charge in [0.1, 0.15) is 5.82 Å². The van der Waals surface area contributed by atoms with E-state index in [1.807, 2.05) is 39.8 Å². The summed E-state index contributed by atoms with van der Waals surface area (Å²) in [7, 11) is 1.04. The average Bonchev–Trinajstić information content (AvgIpc) is 3.54. The number of methoxy groups -OCH3 is 1. The van der Waals surface area contributed by atoms with Gasteiger partial charge in [0.25, 0.3) is 10.0 Å². The first kappa shape index (κ1) is 27.7. The molecule has 1 N–H and O–H groups in total. The molecule has 0 saturated heterocycles. The van der Waals surface area contributed by atoms with Gasteiger partial charge in [-0.05, 0) is 94.1 Å². The maximum Gasteiger partial charge on any atom is 0.283 e. The number of ether oxygens (including phenoxy) is 1. The van der Waals surface area contributed by atoms with Crippen molar-refractivity contribution in [3.63, 3.8) is 0 Å². The number of halogens is 1. The summed E-state index contributed by atoms with van der Waals surface area (Å²) in [6.45, 7) is 5.78. The van der Waals surface area contributed by atoms with Crippen LogP contribution < -0.4 is 9.46 Å². The van der Waals surface area contributed by atoms with Crippen molar-refractivity contribution in [3.05, 3.63) is 58.7 Å². The van der Waals surface area contributed by atoms with E-state index in [0.29, 0.717) is 41.0 Å². The fraction of sp³-hybridized carbons (Fsp3) is 0.444. The van der Waals surface area contributed by atoms with Crippen molar-refractivity contribution in [1.82, 2.24) is 24.4 Å². The average molecular weight is 544 g/mol. The third-order valence-corrected chi connectivity index (χ3v) is 8.26. The van der Waals surface area contributed by atoms with Crippen LogP contribution in [0.3, 0.4) is 0 Å². The van der Waals surface area contributed by atoms with Gasteiger partial charge in [-0.1, -0.05) is 0 Å². The van der Waals surface area contributed by atoms with Crippen molar-refractivity contribution in [2.45, 2.75) is 63.6 Å². The highest BCUT2D eigenvalue weighted by molar-refractivity contribution is 7.90. The van der Waals surface area contributed by atoms with Gasteiger partial charge < -0.3 is 9.64 Å². The second-order valence-corrected chi connectivity index (χ2v) is 11.7. The third kappa shape index (κ3) is 5.44. The van der Waals surface area contributed by atoms with Gasteiger partial charge >= 0.3 is 0 Å². The molecule has 0 aliphatic heterocycles. The van der Waals surface area contributed by atoms with Crippen LogP contribution in [0.25, 0.3) is 11.1 Å².